The molecule has 2 N–H and O–H groups in total. The highest BCUT2D eigenvalue weighted by molar-refractivity contribution is 4.95. The molecule has 0 saturated heterocycles. The predicted octanol–water partition coefficient (Wildman–Crippen LogP) is 4.04. The number of nitrogens with zero attached hydrogens (tertiary/aromatic N) is 1. The van der Waals surface area contributed by atoms with E-state index < -0.39 is 0 Å². The molecule has 0 aliphatic heterocycles. The molecule has 0 radical (unpaired) electrons. The van der Waals surface area contributed by atoms with Crippen LogP contribution >= 0.6 is 0 Å². The van der Waals surface area contributed by atoms with Crippen molar-refractivity contribution in [3.05, 3.63) is 0 Å². The average Bonchev–Trinajstić information content (AvgIpc) is 2.34. The lowest BCUT2D eigenvalue weighted by Gasteiger charge is -2.51. The van der Waals surface area contributed by atoms with E-state index in [-0.39, 0.29) is 0 Å². The van der Waals surface area contributed by atoms with Gasteiger partial charge in [-0.25, -0.2) is 0 Å². The molecule has 2 rings (SSSR count). The second-order valence-electron chi connectivity index (χ2n) is 9.08. The molecule has 0 aromatic carbocycles. The molecular weight excluding hydrogens is 244 g/mol. The van der Waals surface area contributed by atoms with Gasteiger partial charge in [0.15, 0.2) is 0 Å². The van der Waals surface area contributed by atoms with Gasteiger partial charge in [-0.1, -0.05) is 40.5 Å². The van der Waals surface area contributed by atoms with Gasteiger partial charge in [0.1, 0.15) is 0 Å². The Morgan fingerprint density at radius 1 is 1.00 bits per heavy atom. The van der Waals surface area contributed by atoms with E-state index in [4.69, 9.17) is 5.73 Å². The monoisotopic (exact) mass is 280 g/mol. The van der Waals surface area contributed by atoms with Crippen molar-refractivity contribution >= 4 is 0 Å². The molecule has 0 amide bonds. The van der Waals surface area contributed by atoms with E-state index >= 15 is 0 Å². The van der Waals surface area contributed by atoms with Gasteiger partial charge in [0, 0.05) is 12.1 Å². The standard InChI is InChI=1S/C18H36N2/c1-17(2)10-15(11-18(3,4)13-17)20(5)16-9-7-6-8-14(16)12-19/h14-16H,6-13,19H2,1-5H3. The lowest BCUT2D eigenvalue weighted by atomic mass is 9.63. The number of nitrogens with two attached hydrogens (primary N) is 1. The summed E-state index contributed by atoms with van der Waals surface area (Å²) in [4.78, 5) is 2.72. The summed E-state index contributed by atoms with van der Waals surface area (Å²) < 4.78 is 0. The third kappa shape index (κ3) is 3.76. The van der Waals surface area contributed by atoms with Gasteiger partial charge in [-0.05, 0) is 62.4 Å². The average molecular weight is 280 g/mol. The smallest absolute Gasteiger partial charge is 0.0135 e. The Labute approximate surface area is 126 Å². The van der Waals surface area contributed by atoms with Crippen LogP contribution in [0.5, 0.6) is 0 Å². The highest BCUT2D eigenvalue weighted by Crippen LogP contribution is 2.47. The second kappa shape index (κ2) is 5.96. The Balaban J connectivity index is 2.08. The van der Waals surface area contributed by atoms with Gasteiger partial charge in [0.2, 0.25) is 0 Å². The largest absolute Gasteiger partial charge is 0.330 e. The van der Waals surface area contributed by atoms with E-state index in [1.165, 1.54) is 44.9 Å². The van der Waals surface area contributed by atoms with Crippen LogP contribution in [0.3, 0.4) is 0 Å². The van der Waals surface area contributed by atoms with Crippen molar-refractivity contribution < 1.29 is 0 Å². The molecule has 2 unspecified atom stereocenters. The third-order valence-corrected chi connectivity index (χ3v) is 5.80. The van der Waals surface area contributed by atoms with Gasteiger partial charge in [-0.2, -0.15) is 0 Å². The lowest BCUT2D eigenvalue weighted by Crippen LogP contribution is -2.52. The molecule has 0 aromatic rings. The maximum Gasteiger partial charge on any atom is 0.0135 e. The molecule has 2 atom stereocenters. The Morgan fingerprint density at radius 2 is 1.55 bits per heavy atom. The SMILES string of the molecule is CN(C1CC(C)(C)CC(C)(C)C1)C1CCCCC1CN. The van der Waals surface area contributed by atoms with Crippen molar-refractivity contribution in [2.24, 2.45) is 22.5 Å². The highest BCUT2D eigenvalue weighted by Gasteiger charge is 2.42. The van der Waals surface area contributed by atoms with Crippen molar-refractivity contribution in [3.63, 3.8) is 0 Å². The molecule has 2 aliphatic rings. The minimum atomic E-state index is 0.480. The van der Waals surface area contributed by atoms with Crippen LogP contribution in [0.1, 0.15) is 72.6 Å². The molecule has 2 heteroatoms. The molecule has 2 fully saturated rings. The van der Waals surface area contributed by atoms with E-state index in [9.17, 15) is 0 Å². The Morgan fingerprint density at radius 3 is 2.10 bits per heavy atom. The second-order valence-corrected chi connectivity index (χ2v) is 9.08. The van der Waals surface area contributed by atoms with Crippen LogP contribution in [0.4, 0.5) is 0 Å². The summed E-state index contributed by atoms with van der Waals surface area (Å²) in [5.41, 5.74) is 7.00. The number of hydrogen-bond donors (Lipinski definition) is 1. The van der Waals surface area contributed by atoms with Gasteiger partial charge in [-0.15, -0.1) is 0 Å². The quantitative estimate of drug-likeness (QED) is 0.845. The maximum atomic E-state index is 6.04. The first kappa shape index (κ1) is 16.3. The summed E-state index contributed by atoms with van der Waals surface area (Å²) in [5, 5.41) is 0. The number of hydrogen-bond acceptors (Lipinski definition) is 2. The summed E-state index contributed by atoms with van der Waals surface area (Å²) >= 11 is 0. The topological polar surface area (TPSA) is 29.3 Å². The zero-order valence-electron chi connectivity index (χ0n) is 14.4. The van der Waals surface area contributed by atoms with Crippen LogP contribution in [-0.4, -0.2) is 30.6 Å². The van der Waals surface area contributed by atoms with E-state index in [0.717, 1.165) is 24.5 Å². The molecule has 0 aromatic heterocycles. The van der Waals surface area contributed by atoms with Gasteiger partial charge >= 0.3 is 0 Å². The molecular formula is C18H36N2. The van der Waals surface area contributed by atoms with E-state index in [2.05, 4.69) is 39.6 Å². The first-order valence-corrected chi connectivity index (χ1v) is 8.66. The molecule has 0 heterocycles. The third-order valence-electron chi connectivity index (χ3n) is 5.80. The van der Waals surface area contributed by atoms with E-state index in [1.807, 2.05) is 0 Å². The molecule has 20 heavy (non-hydrogen) atoms. The molecule has 2 saturated carbocycles. The van der Waals surface area contributed by atoms with Crippen molar-refractivity contribution in [2.45, 2.75) is 84.7 Å². The highest BCUT2D eigenvalue weighted by atomic mass is 15.2. The van der Waals surface area contributed by atoms with Crippen LogP contribution in [0, 0.1) is 16.7 Å². The molecule has 2 nitrogen and oxygen atoms in total. The van der Waals surface area contributed by atoms with Crippen molar-refractivity contribution in [2.75, 3.05) is 13.6 Å². The van der Waals surface area contributed by atoms with Gasteiger partial charge in [0.25, 0.3) is 0 Å². The van der Waals surface area contributed by atoms with Crippen LogP contribution in [0.2, 0.25) is 0 Å². The maximum absolute atomic E-state index is 6.04. The fraction of sp³-hybridized carbons (Fsp3) is 1.00. The minimum Gasteiger partial charge on any atom is -0.330 e. The summed E-state index contributed by atoms with van der Waals surface area (Å²) in [6, 6.07) is 1.47. The van der Waals surface area contributed by atoms with Gasteiger partial charge in [-0.3, -0.25) is 0 Å². The normalized spacial score (nSPS) is 34.4. The zero-order chi connectivity index (χ0) is 15.0. The Kier molecular flexibility index (Phi) is 4.86. The first-order chi connectivity index (χ1) is 9.24. The van der Waals surface area contributed by atoms with Gasteiger partial charge < -0.3 is 10.6 Å². The zero-order valence-corrected chi connectivity index (χ0v) is 14.4. The first-order valence-electron chi connectivity index (χ1n) is 8.66. The summed E-state index contributed by atoms with van der Waals surface area (Å²) in [6.45, 7) is 10.7. The van der Waals surface area contributed by atoms with Crippen LogP contribution < -0.4 is 5.73 Å². The van der Waals surface area contributed by atoms with Crippen molar-refractivity contribution in [1.82, 2.24) is 4.90 Å². The molecule has 0 bridgehead atoms. The van der Waals surface area contributed by atoms with Crippen molar-refractivity contribution in [3.8, 4) is 0 Å². The Bertz CT molecular complexity index is 305. The van der Waals surface area contributed by atoms with Crippen molar-refractivity contribution in [1.29, 1.82) is 0 Å². The van der Waals surface area contributed by atoms with E-state index in [0.29, 0.717) is 10.8 Å². The van der Waals surface area contributed by atoms with Crippen LogP contribution in [0.25, 0.3) is 0 Å². The molecule has 0 spiro atoms. The fourth-order valence-corrected chi connectivity index (χ4v) is 5.35. The Hall–Kier alpha value is -0.0800. The van der Waals surface area contributed by atoms with Gasteiger partial charge in [0.05, 0.1) is 0 Å². The summed E-state index contributed by atoms with van der Waals surface area (Å²) in [7, 11) is 2.38. The summed E-state index contributed by atoms with van der Waals surface area (Å²) in [5.74, 6) is 0.724. The fourth-order valence-electron chi connectivity index (χ4n) is 5.35. The number of rotatable bonds is 3. The summed E-state index contributed by atoms with van der Waals surface area (Å²) in [6.07, 6.45) is 9.52. The lowest BCUT2D eigenvalue weighted by molar-refractivity contribution is -0.00261. The van der Waals surface area contributed by atoms with Crippen LogP contribution in [-0.2, 0) is 0 Å². The molecule has 118 valence electrons. The van der Waals surface area contributed by atoms with E-state index in [1.54, 1.807) is 0 Å². The predicted molar refractivity (Wildman–Crippen MR) is 87.8 cm³/mol. The van der Waals surface area contributed by atoms with Crippen LogP contribution in [0.15, 0.2) is 0 Å². The minimum absolute atomic E-state index is 0.480. The molecule has 2 aliphatic carbocycles.